The van der Waals surface area contributed by atoms with Gasteiger partial charge in [0, 0.05) is 12.2 Å². The van der Waals surface area contributed by atoms with Crippen LogP contribution in [0.1, 0.15) is 27.2 Å². The van der Waals surface area contributed by atoms with E-state index in [1.807, 2.05) is 36.6 Å². The molecule has 2 amide bonds. The van der Waals surface area contributed by atoms with Gasteiger partial charge in [0.2, 0.25) is 5.91 Å². The van der Waals surface area contributed by atoms with Crippen molar-refractivity contribution in [1.82, 2.24) is 5.32 Å². The molecule has 0 spiro atoms. The van der Waals surface area contributed by atoms with Crippen molar-refractivity contribution in [1.29, 1.82) is 0 Å². The van der Waals surface area contributed by atoms with Crippen molar-refractivity contribution in [3.05, 3.63) is 51.7 Å². The maximum absolute atomic E-state index is 12.4. The number of aryl methyl sites for hydroxylation is 2. The molecule has 2 heterocycles. The van der Waals surface area contributed by atoms with Gasteiger partial charge in [-0.25, -0.2) is 0 Å². The molecular weight excluding hydrogens is 296 g/mol. The maximum Gasteiger partial charge on any atom is 0.262 e. The number of fused-ring (bicyclic) bond motifs is 1. The number of carbonyl (C=O) groups is 2. The molecule has 0 saturated heterocycles. The lowest BCUT2D eigenvalue weighted by Gasteiger charge is -2.29. The number of hydrogen-bond donors (Lipinski definition) is 1. The predicted molar refractivity (Wildman–Crippen MR) is 88.5 cm³/mol. The van der Waals surface area contributed by atoms with Crippen LogP contribution in [0.15, 0.2) is 35.7 Å². The second-order valence-electron chi connectivity index (χ2n) is 5.39. The van der Waals surface area contributed by atoms with E-state index < -0.39 is 0 Å². The summed E-state index contributed by atoms with van der Waals surface area (Å²) in [7, 11) is 0. The summed E-state index contributed by atoms with van der Waals surface area (Å²) in [6.07, 6.45) is 1.96. The van der Waals surface area contributed by atoms with Crippen LogP contribution in [0.2, 0.25) is 0 Å². The first kappa shape index (κ1) is 14.8. The third-order valence-corrected chi connectivity index (χ3v) is 4.90. The molecule has 3 rings (SSSR count). The summed E-state index contributed by atoms with van der Waals surface area (Å²) < 4.78 is 0. The van der Waals surface area contributed by atoms with Crippen LogP contribution in [0.5, 0.6) is 0 Å². The molecule has 0 aliphatic carbocycles. The summed E-state index contributed by atoms with van der Waals surface area (Å²) in [5.74, 6) is -0.235. The first-order chi connectivity index (χ1) is 10.7. The van der Waals surface area contributed by atoms with E-state index >= 15 is 0 Å². The molecule has 0 saturated carbocycles. The molecule has 1 aliphatic rings. The molecule has 22 heavy (non-hydrogen) atoms. The topological polar surface area (TPSA) is 49.4 Å². The summed E-state index contributed by atoms with van der Waals surface area (Å²) in [5, 5.41) is 4.62. The third-order valence-electron chi connectivity index (χ3n) is 3.88. The summed E-state index contributed by atoms with van der Waals surface area (Å²) in [4.78, 5) is 27.0. The van der Waals surface area contributed by atoms with E-state index in [0.29, 0.717) is 11.4 Å². The van der Waals surface area contributed by atoms with Gasteiger partial charge in [-0.1, -0.05) is 18.2 Å². The fourth-order valence-corrected chi connectivity index (χ4v) is 3.57. The van der Waals surface area contributed by atoms with Crippen molar-refractivity contribution in [3.8, 4) is 0 Å². The molecule has 4 nitrogen and oxygen atoms in total. The molecule has 1 aromatic carbocycles. The Morgan fingerprint density at radius 1 is 1.27 bits per heavy atom. The fraction of sp³-hybridized carbons (Fsp3) is 0.294. The SMILES string of the molecule is Cc1ccsc1C(=O)NCC(=O)N1CCCc2ccccc21. The number of rotatable bonds is 3. The van der Waals surface area contributed by atoms with Crippen molar-refractivity contribution in [3.63, 3.8) is 0 Å². The van der Waals surface area contributed by atoms with Crippen LogP contribution >= 0.6 is 11.3 Å². The highest BCUT2D eigenvalue weighted by Crippen LogP contribution is 2.26. The molecule has 5 heteroatoms. The smallest absolute Gasteiger partial charge is 0.262 e. The molecular formula is C17H18N2O2S. The number of carbonyl (C=O) groups excluding carboxylic acids is 2. The number of para-hydroxylation sites is 1. The van der Waals surface area contributed by atoms with Gasteiger partial charge in [0.15, 0.2) is 0 Å². The minimum absolute atomic E-state index is 0.0322. The summed E-state index contributed by atoms with van der Waals surface area (Å²) >= 11 is 1.40. The summed E-state index contributed by atoms with van der Waals surface area (Å²) in [5.41, 5.74) is 3.11. The number of anilines is 1. The Morgan fingerprint density at radius 3 is 2.86 bits per heavy atom. The predicted octanol–water partition coefficient (Wildman–Crippen LogP) is 2.77. The average molecular weight is 314 g/mol. The molecule has 1 N–H and O–H groups in total. The highest BCUT2D eigenvalue weighted by atomic mass is 32.1. The van der Waals surface area contributed by atoms with E-state index in [9.17, 15) is 9.59 Å². The van der Waals surface area contributed by atoms with Crippen LogP contribution in [0.4, 0.5) is 5.69 Å². The van der Waals surface area contributed by atoms with Gasteiger partial charge in [0.1, 0.15) is 0 Å². The summed E-state index contributed by atoms with van der Waals surface area (Å²) in [6.45, 7) is 2.64. The Kier molecular flexibility index (Phi) is 4.24. The van der Waals surface area contributed by atoms with E-state index in [0.717, 1.165) is 24.1 Å². The zero-order chi connectivity index (χ0) is 15.5. The Bertz CT molecular complexity index is 708. The second-order valence-corrected chi connectivity index (χ2v) is 6.31. The van der Waals surface area contributed by atoms with Crippen LogP contribution in [0.25, 0.3) is 0 Å². The quantitative estimate of drug-likeness (QED) is 0.947. The number of hydrogen-bond acceptors (Lipinski definition) is 3. The highest BCUT2D eigenvalue weighted by molar-refractivity contribution is 7.12. The lowest BCUT2D eigenvalue weighted by molar-refractivity contribution is -0.117. The van der Waals surface area contributed by atoms with Crippen molar-refractivity contribution in [2.24, 2.45) is 0 Å². The molecule has 0 bridgehead atoms. The Labute approximate surface area is 133 Å². The molecule has 0 radical (unpaired) electrons. The Balaban J connectivity index is 1.66. The lowest BCUT2D eigenvalue weighted by atomic mass is 10.0. The monoisotopic (exact) mass is 314 g/mol. The standard InChI is InChI=1S/C17H18N2O2S/c1-12-8-10-22-16(12)17(21)18-11-15(20)19-9-4-6-13-5-2-3-7-14(13)19/h2-3,5,7-8,10H,4,6,9,11H2,1H3,(H,18,21). The highest BCUT2D eigenvalue weighted by Gasteiger charge is 2.22. The van der Waals surface area contributed by atoms with Gasteiger partial charge in [-0.2, -0.15) is 0 Å². The van der Waals surface area contributed by atoms with Gasteiger partial charge in [0.05, 0.1) is 11.4 Å². The van der Waals surface area contributed by atoms with Crippen molar-refractivity contribution in [2.75, 3.05) is 18.0 Å². The van der Waals surface area contributed by atoms with E-state index in [1.54, 1.807) is 4.90 Å². The van der Waals surface area contributed by atoms with Gasteiger partial charge >= 0.3 is 0 Å². The minimum Gasteiger partial charge on any atom is -0.342 e. The average Bonchev–Trinajstić information content (AvgIpc) is 2.98. The second kappa shape index (κ2) is 6.32. The number of thiophene rings is 1. The molecule has 1 aliphatic heterocycles. The van der Waals surface area contributed by atoms with Gasteiger partial charge in [-0.3, -0.25) is 9.59 Å². The van der Waals surface area contributed by atoms with Crippen LogP contribution in [-0.2, 0) is 11.2 Å². The molecule has 0 atom stereocenters. The zero-order valence-electron chi connectivity index (χ0n) is 12.5. The largest absolute Gasteiger partial charge is 0.342 e. The number of nitrogens with one attached hydrogen (secondary N) is 1. The number of nitrogens with zero attached hydrogens (tertiary/aromatic N) is 1. The number of amides is 2. The Morgan fingerprint density at radius 2 is 2.09 bits per heavy atom. The molecule has 114 valence electrons. The first-order valence-corrected chi connectivity index (χ1v) is 8.25. The molecule has 0 unspecified atom stereocenters. The summed E-state index contributed by atoms with van der Waals surface area (Å²) in [6, 6.07) is 9.87. The minimum atomic E-state index is -0.175. The third kappa shape index (κ3) is 2.90. The van der Waals surface area contributed by atoms with E-state index in [2.05, 4.69) is 11.4 Å². The van der Waals surface area contributed by atoms with Crippen molar-refractivity contribution in [2.45, 2.75) is 19.8 Å². The molecule has 2 aromatic rings. The van der Waals surface area contributed by atoms with Crippen LogP contribution in [0, 0.1) is 6.92 Å². The van der Waals surface area contributed by atoms with Gasteiger partial charge < -0.3 is 10.2 Å². The van der Waals surface area contributed by atoms with E-state index in [4.69, 9.17) is 0 Å². The van der Waals surface area contributed by atoms with Crippen LogP contribution in [0.3, 0.4) is 0 Å². The maximum atomic E-state index is 12.4. The van der Waals surface area contributed by atoms with Crippen molar-refractivity contribution >= 4 is 28.8 Å². The Hall–Kier alpha value is -2.14. The van der Waals surface area contributed by atoms with E-state index in [-0.39, 0.29) is 18.4 Å². The molecule has 0 fully saturated rings. The first-order valence-electron chi connectivity index (χ1n) is 7.37. The number of benzene rings is 1. The van der Waals surface area contributed by atoms with Crippen LogP contribution < -0.4 is 10.2 Å². The normalized spacial score (nSPS) is 13.6. The van der Waals surface area contributed by atoms with Crippen molar-refractivity contribution < 1.29 is 9.59 Å². The zero-order valence-corrected chi connectivity index (χ0v) is 13.3. The lowest BCUT2D eigenvalue weighted by Crippen LogP contribution is -2.42. The van der Waals surface area contributed by atoms with E-state index in [1.165, 1.54) is 16.9 Å². The van der Waals surface area contributed by atoms with Gasteiger partial charge in [0.25, 0.3) is 5.91 Å². The molecule has 1 aromatic heterocycles. The fourth-order valence-electron chi connectivity index (χ4n) is 2.73. The van der Waals surface area contributed by atoms with Gasteiger partial charge in [-0.15, -0.1) is 11.3 Å². The van der Waals surface area contributed by atoms with Crippen LogP contribution in [-0.4, -0.2) is 24.9 Å². The van der Waals surface area contributed by atoms with Gasteiger partial charge in [-0.05, 0) is 48.4 Å².